The zero-order valence-corrected chi connectivity index (χ0v) is 45.6. The van der Waals surface area contributed by atoms with Gasteiger partial charge in [-0.2, -0.15) is 0 Å². The van der Waals surface area contributed by atoms with E-state index in [0.29, 0.717) is 19.3 Å². The third-order valence-corrected chi connectivity index (χ3v) is 12.5. The lowest BCUT2D eigenvalue weighted by Crippen LogP contribution is -2.61. The molecule has 0 aromatic heterocycles. The van der Waals surface area contributed by atoms with Crippen molar-refractivity contribution >= 4 is 23.9 Å². The van der Waals surface area contributed by atoms with Gasteiger partial charge in [-0.1, -0.05) is 202 Å². The van der Waals surface area contributed by atoms with E-state index < -0.39 is 67.3 Å². The summed E-state index contributed by atoms with van der Waals surface area (Å²) >= 11 is 0. The number of aliphatic hydroxyl groups excluding tert-OH is 2. The van der Waals surface area contributed by atoms with Crippen LogP contribution in [0.4, 0.5) is 0 Å². The summed E-state index contributed by atoms with van der Waals surface area (Å²) in [5.41, 5.74) is 0. The third-order valence-electron chi connectivity index (χ3n) is 12.5. The van der Waals surface area contributed by atoms with Crippen molar-refractivity contribution in [3.8, 4) is 0 Å². The molecular formula is C61H100O12. The van der Waals surface area contributed by atoms with Crippen LogP contribution in [0.3, 0.4) is 0 Å². The van der Waals surface area contributed by atoms with Crippen molar-refractivity contribution in [1.29, 1.82) is 0 Å². The lowest BCUT2D eigenvalue weighted by molar-refractivity contribution is -0.301. The molecule has 0 amide bonds. The van der Waals surface area contributed by atoms with Crippen molar-refractivity contribution in [1.82, 2.24) is 0 Å². The third kappa shape index (κ3) is 39.0. The number of aliphatic hydroxyl groups is 2. The summed E-state index contributed by atoms with van der Waals surface area (Å²) in [5, 5.41) is 31.4. The Morgan fingerprint density at radius 1 is 0.466 bits per heavy atom. The zero-order valence-electron chi connectivity index (χ0n) is 45.6. The highest BCUT2D eigenvalue weighted by molar-refractivity contribution is 5.74. The van der Waals surface area contributed by atoms with E-state index in [1.54, 1.807) is 0 Å². The molecule has 1 fully saturated rings. The van der Waals surface area contributed by atoms with Crippen LogP contribution in [-0.4, -0.2) is 89.2 Å². The Morgan fingerprint density at radius 2 is 0.863 bits per heavy atom. The summed E-state index contributed by atoms with van der Waals surface area (Å²) < 4.78 is 28.3. The molecule has 1 aliphatic rings. The number of carboxylic acid groups (broad SMARTS) is 1. The molecule has 0 radical (unpaired) electrons. The minimum absolute atomic E-state index is 0.0375. The lowest BCUT2D eigenvalue weighted by atomic mass is 9.98. The fourth-order valence-corrected chi connectivity index (χ4v) is 8.14. The van der Waals surface area contributed by atoms with Crippen LogP contribution in [0.5, 0.6) is 0 Å². The number of rotatable bonds is 47. The highest BCUT2D eigenvalue weighted by atomic mass is 16.7. The monoisotopic (exact) mass is 1020 g/mol. The molecule has 1 rings (SSSR count). The molecule has 12 heteroatoms. The van der Waals surface area contributed by atoms with Gasteiger partial charge in [-0.25, -0.2) is 4.79 Å². The van der Waals surface area contributed by atoms with Crippen LogP contribution in [0.2, 0.25) is 0 Å². The highest BCUT2D eigenvalue weighted by Crippen LogP contribution is 2.26. The maximum Gasteiger partial charge on any atom is 0.335 e. The fraction of sp³-hybridized carbons (Fsp3) is 0.705. The fourth-order valence-electron chi connectivity index (χ4n) is 8.14. The van der Waals surface area contributed by atoms with E-state index in [1.807, 2.05) is 0 Å². The standard InChI is InChI=1S/C61H100O12/c1-4-7-10-13-16-19-21-23-25-26-27-28-30-31-33-36-38-41-44-47-53(62)69-50-52(71-54(63)48-45-42-39-35-18-15-12-9-6-3)51-70-61-59(57(66)56(65)58(73-61)60(67)68)72-55(64)49-46-43-40-37-34-32-29-24-22-20-17-14-11-8-5-2/h7-8,10-11,16-17,19-20,23-25,27-29,52,56-59,61,65-66H,4-6,9,12-15,18,21-22,26,30-51H2,1-3H3,(H,67,68)/b10-7-,11-8-,19-16-,20-17-,25-23-,28-27-,29-24-. The van der Waals surface area contributed by atoms with Gasteiger partial charge in [-0.3, -0.25) is 14.4 Å². The van der Waals surface area contributed by atoms with Gasteiger partial charge in [0.1, 0.15) is 18.8 Å². The Kier molecular flexibility index (Phi) is 44.7. The maximum atomic E-state index is 13.1. The summed E-state index contributed by atoms with van der Waals surface area (Å²) in [6.07, 6.45) is 49.9. The average molecular weight is 1030 g/mol. The Morgan fingerprint density at radius 3 is 1.32 bits per heavy atom. The number of ether oxygens (including phenoxy) is 5. The van der Waals surface area contributed by atoms with Gasteiger partial charge in [-0.15, -0.1) is 0 Å². The first-order chi connectivity index (χ1) is 35.6. The molecule has 1 heterocycles. The van der Waals surface area contributed by atoms with Gasteiger partial charge < -0.3 is 39.0 Å². The Hall–Kier alpha value is -4.10. The van der Waals surface area contributed by atoms with Crippen LogP contribution in [0.15, 0.2) is 85.1 Å². The molecule has 0 bridgehead atoms. The maximum absolute atomic E-state index is 13.1. The Balaban J connectivity index is 2.67. The van der Waals surface area contributed by atoms with Gasteiger partial charge in [0.25, 0.3) is 0 Å². The second-order valence-electron chi connectivity index (χ2n) is 19.2. The smallest absolute Gasteiger partial charge is 0.335 e. The quantitative estimate of drug-likeness (QED) is 0.0228. The van der Waals surface area contributed by atoms with Crippen molar-refractivity contribution in [2.24, 2.45) is 0 Å². The van der Waals surface area contributed by atoms with Crippen molar-refractivity contribution < 1.29 is 58.2 Å². The van der Waals surface area contributed by atoms with E-state index in [0.717, 1.165) is 135 Å². The first-order valence-electron chi connectivity index (χ1n) is 28.6. The summed E-state index contributed by atoms with van der Waals surface area (Å²) in [7, 11) is 0. The van der Waals surface area contributed by atoms with Crippen molar-refractivity contribution in [3.05, 3.63) is 85.1 Å². The molecule has 12 nitrogen and oxygen atoms in total. The lowest BCUT2D eigenvalue weighted by Gasteiger charge is -2.40. The first kappa shape index (κ1) is 66.9. The molecule has 6 atom stereocenters. The topological polar surface area (TPSA) is 175 Å². The molecule has 73 heavy (non-hydrogen) atoms. The van der Waals surface area contributed by atoms with Crippen LogP contribution in [0, 0.1) is 0 Å². The normalized spacial score (nSPS) is 18.9. The van der Waals surface area contributed by atoms with Gasteiger partial charge in [-0.05, 0) is 89.9 Å². The van der Waals surface area contributed by atoms with Crippen LogP contribution in [0.25, 0.3) is 0 Å². The molecule has 0 saturated carbocycles. The molecule has 6 unspecified atom stereocenters. The van der Waals surface area contributed by atoms with E-state index in [-0.39, 0.29) is 25.9 Å². The number of hydrogen-bond acceptors (Lipinski definition) is 11. The molecule has 0 spiro atoms. The number of esters is 3. The Labute approximate surface area is 441 Å². The van der Waals surface area contributed by atoms with Gasteiger partial charge in [0.15, 0.2) is 24.6 Å². The van der Waals surface area contributed by atoms with E-state index >= 15 is 0 Å². The van der Waals surface area contributed by atoms with Crippen LogP contribution in [-0.2, 0) is 42.9 Å². The van der Waals surface area contributed by atoms with Crippen molar-refractivity contribution in [2.75, 3.05) is 13.2 Å². The van der Waals surface area contributed by atoms with E-state index in [2.05, 4.69) is 106 Å². The molecule has 3 N–H and O–H groups in total. The molecule has 416 valence electrons. The van der Waals surface area contributed by atoms with E-state index in [9.17, 15) is 34.5 Å². The second kappa shape index (κ2) is 48.8. The molecule has 0 aliphatic carbocycles. The number of unbranched alkanes of at least 4 members (excludes halogenated alkanes) is 19. The molecule has 0 aromatic carbocycles. The number of allylic oxidation sites excluding steroid dienone is 14. The van der Waals surface area contributed by atoms with Gasteiger partial charge in [0.2, 0.25) is 0 Å². The summed E-state index contributed by atoms with van der Waals surface area (Å²) in [4.78, 5) is 51.0. The predicted molar refractivity (Wildman–Crippen MR) is 294 cm³/mol. The van der Waals surface area contributed by atoms with Gasteiger partial charge in [0, 0.05) is 19.3 Å². The SMILES string of the molecule is CC/C=C\C/C=C\C/C=C\C/C=C\CCCCCCCCC(=O)OCC(COC1OC(C(=O)O)C(O)C(O)C1OC(=O)CCCCCCC/C=C\C/C=C\C/C=C\CC)OC(=O)CCCCCCCCCCC. The van der Waals surface area contributed by atoms with Crippen molar-refractivity contribution in [2.45, 2.75) is 263 Å². The minimum atomic E-state index is -1.91. The van der Waals surface area contributed by atoms with Crippen molar-refractivity contribution in [3.63, 3.8) is 0 Å². The second-order valence-corrected chi connectivity index (χ2v) is 19.2. The predicted octanol–water partition coefficient (Wildman–Crippen LogP) is 14.3. The van der Waals surface area contributed by atoms with E-state index in [1.165, 1.54) is 32.1 Å². The number of carboxylic acids is 1. The van der Waals surface area contributed by atoms with Crippen LogP contribution in [0.1, 0.15) is 226 Å². The molecular weight excluding hydrogens is 925 g/mol. The molecule has 1 saturated heterocycles. The largest absolute Gasteiger partial charge is 0.479 e. The molecule has 0 aromatic rings. The number of hydrogen-bond donors (Lipinski definition) is 3. The van der Waals surface area contributed by atoms with Crippen LogP contribution < -0.4 is 0 Å². The van der Waals surface area contributed by atoms with Gasteiger partial charge in [0.05, 0.1) is 6.61 Å². The molecule has 1 aliphatic heterocycles. The summed E-state index contributed by atoms with van der Waals surface area (Å²) in [5.74, 6) is -3.16. The van der Waals surface area contributed by atoms with Crippen LogP contribution >= 0.6 is 0 Å². The van der Waals surface area contributed by atoms with Gasteiger partial charge >= 0.3 is 23.9 Å². The van der Waals surface area contributed by atoms with E-state index in [4.69, 9.17) is 23.7 Å². The number of carbonyl (C=O) groups is 4. The zero-order chi connectivity index (χ0) is 53.3. The summed E-state index contributed by atoms with van der Waals surface area (Å²) in [6.45, 7) is 5.71. The number of carbonyl (C=O) groups excluding carboxylic acids is 3. The Bertz CT molecular complexity index is 1590. The highest BCUT2D eigenvalue weighted by Gasteiger charge is 2.50. The first-order valence-corrected chi connectivity index (χ1v) is 28.6. The number of aliphatic carboxylic acids is 1. The summed E-state index contributed by atoms with van der Waals surface area (Å²) in [6, 6.07) is 0. The average Bonchev–Trinajstić information content (AvgIpc) is 3.37. The minimum Gasteiger partial charge on any atom is -0.479 e.